The molecule has 26 heavy (non-hydrogen) atoms. The Kier molecular flexibility index (Phi) is 6.05. The molecule has 0 saturated heterocycles. The number of carbonyl (C=O) groups is 1. The first-order valence-electron chi connectivity index (χ1n) is 6.20. The summed E-state index contributed by atoms with van der Waals surface area (Å²) >= 11 is 5.33. The Balaban J connectivity index is 2.92. The van der Waals surface area contributed by atoms with Gasteiger partial charge < -0.3 is 5.32 Å². The normalized spacial score (nSPS) is 13.4. The molecule has 1 rings (SSSR count). The van der Waals surface area contributed by atoms with Crippen molar-refractivity contribution in [2.75, 3.05) is 0 Å². The summed E-state index contributed by atoms with van der Waals surface area (Å²) in [5.41, 5.74) is -3.54. The SMILES string of the molecule is CC(NC(=O)NNS(=O)(=O)c1ccc(Cl)c(F)c1)(C(F)(F)F)C(F)(F)F. The number of hydrogen-bond acceptors (Lipinski definition) is 3. The second-order valence-electron chi connectivity index (χ2n) is 4.88. The maximum Gasteiger partial charge on any atom is 0.420 e. The Morgan fingerprint density at radius 3 is 2.00 bits per heavy atom. The summed E-state index contributed by atoms with van der Waals surface area (Å²) in [5, 5.41) is 0.152. The topological polar surface area (TPSA) is 87.3 Å². The molecule has 148 valence electrons. The van der Waals surface area contributed by atoms with Crippen molar-refractivity contribution in [1.29, 1.82) is 0 Å². The molecule has 3 N–H and O–H groups in total. The van der Waals surface area contributed by atoms with Crippen LogP contribution in [-0.4, -0.2) is 32.3 Å². The average molecular weight is 432 g/mol. The Morgan fingerprint density at radius 1 is 1.08 bits per heavy atom. The highest BCUT2D eigenvalue weighted by Crippen LogP contribution is 2.42. The lowest BCUT2D eigenvalue weighted by molar-refractivity contribution is -0.297. The van der Waals surface area contributed by atoms with E-state index in [9.17, 15) is 43.9 Å². The molecule has 0 aliphatic carbocycles. The standard InChI is InChI=1S/C11H9ClF7N3O3S/c1-9(10(14,15)16,11(17,18)19)20-8(23)21-22-26(24,25)5-2-3-6(12)7(13)4-5/h2-4,22H,1H3,(H2,20,21,23). The molecule has 0 unspecified atom stereocenters. The van der Waals surface area contributed by atoms with Crippen LogP contribution in [-0.2, 0) is 10.0 Å². The van der Waals surface area contributed by atoms with Gasteiger partial charge in [-0.15, -0.1) is 4.83 Å². The fraction of sp³-hybridized carbons (Fsp3) is 0.364. The van der Waals surface area contributed by atoms with Crippen molar-refractivity contribution < 1.29 is 43.9 Å². The molecule has 1 aromatic rings. The van der Waals surface area contributed by atoms with Gasteiger partial charge in [0.1, 0.15) is 5.82 Å². The molecule has 0 bridgehead atoms. The molecule has 0 radical (unpaired) electrons. The maximum atomic E-state index is 13.2. The summed E-state index contributed by atoms with van der Waals surface area (Å²) in [6, 6.07) is -0.126. The van der Waals surface area contributed by atoms with Crippen LogP contribution in [0.5, 0.6) is 0 Å². The van der Waals surface area contributed by atoms with Crippen molar-refractivity contribution in [2.45, 2.75) is 29.7 Å². The highest BCUT2D eigenvalue weighted by molar-refractivity contribution is 7.89. The highest BCUT2D eigenvalue weighted by atomic mass is 35.5. The number of amides is 2. The molecule has 0 spiro atoms. The van der Waals surface area contributed by atoms with Crippen molar-refractivity contribution in [3.05, 3.63) is 29.0 Å². The lowest BCUT2D eigenvalue weighted by Gasteiger charge is -2.34. The first kappa shape index (κ1) is 22.2. The van der Waals surface area contributed by atoms with Gasteiger partial charge in [-0.25, -0.2) is 17.6 Å². The third-order valence-corrected chi connectivity index (χ3v) is 4.55. The van der Waals surface area contributed by atoms with Gasteiger partial charge in [0.15, 0.2) is 0 Å². The van der Waals surface area contributed by atoms with E-state index in [2.05, 4.69) is 0 Å². The van der Waals surface area contributed by atoms with E-state index in [0.29, 0.717) is 11.4 Å². The molecule has 2 amide bonds. The van der Waals surface area contributed by atoms with Crippen LogP contribution < -0.4 is 15.6 Å². The smallest absolute Gasteiger partial charge is 0.315 e. The molecule has 6 nitrogen and oxygen atoms in total. The molecule has 0 atom stereocenters. The third-order valence-electron chi connectivity index (χ3n) is 3.00. The van der Waals surface area contributed by atoms with Crippen molar-refractivity contribution in [3.63, 3.8) is 0 Å². The van der Waals surface area contributed by atoms with Gasteiger partial charge in [0.05, 0.1) is 9.92 Å². The zero-order valence-electron chi connectivity index (χ0n) is 12.4. The zero-order chi connectivity index (χ0) is 20.6. The van der Waals surface area contributed by atoms with Crippen molar-refractivity contribution >= 4 is 27.7 Å². The number of hydrazine groups is 1. The van der Waals surface area contributed by atoms with Crippen molar-refractivity contribution in [2.24, 2.45) is 0 Å². The summed E-state index contributed by atoms with van der Waals surface area (Å²) in [7, 11) is -4.70. The number of rotatable bonds is 4. The summed E-state index contributed by atoms with van der Waals surface area (Å²) < 4.78 is 112. The lowest BCUT2D eigenvalue weighted by Crippen LogP contribution is -2.67. The van der Waals surface area contributed by atoms with Crippen LogP contribution >= 0.6 is 11.6 Å². The Hall–Kier alpha value is -1.80. The van der Waals surface area contributed by atoms with Crippen LogP contribution in [0.15, 0.2) is 23.1 Å². The number of hydrogen-bond donors (Lipinski definition) is 3. The Bertz CT molecular complexity index is 781. The van der Waals surface area contributed by atoms with Crippen LogP contribution in [0.4, 0.5) is 35.5 Å². The number of halogens is 8. The van der Waals surface area contributed by atoms with Gasteiger partial charge in [-0.1, -0.05) is 11.6 Å². The third kappa shape index (κ3) is 4.67. The van der Waals surface area contributed by atoms with Crippen LogP contribution in [0.1, 0.15) is 6.92 Å². The van der Waals surface area contributed by atoms with Gasteiger partial charge >= 0.3 is 18.4 Å². The van der Waals surface area contributed by atoms with E-state index in [1.54, 1.807) is 0 Å². The second-order valence-corrected chi connectivity index (χ2v) is 6.97. The van der Waals surface area contributed by atoms with Crippen LogP contribution in [0.3, 0.4) is 0 Å². The molecule has 0 aromatic heterocycles. The van der Waals surface area contributed by atoms with Crippen LogP contribution in [0.25, 0.3) is 0 Å². The van der Waals surface area contributed by atoms with Gasteiger partial charge in [0.2, 0.25) is 5.54 Å². The van der Waals surface area contributed by atoms with Gasteiger partial charge in [-0.3, -0.25) is 5.43 Å². The van der Waals surface area contributed by atoms with E-state index in [1.165, 1.54) is 4.83 Å². The van der Waals surface area contributed by atoms with E-state index >= 15 is 0 Å². The predicted octanol–water partition coefficient (Wildman–Crippen LogP) is 2.85. The predicted molar refractivity (Wildman–Crippen MR) is 73.9 cm³/mol. The molecule has 0 fully saturated rings. The first-order chi connectivity index (χ1) is 11.5. The molecule has 1 aromatic carbocycles. The average Bonchev–Trinajstić information content (AvgIpc) is 2.45. The van der Waals surface area contributed by atoms with Gasteiger partial charge in [0, 0.05) is 0 Å². The number of alkyl halides is 6. The van der Waals surface area contributed by atoms with E-state index in [0.717, 1.165) is 17.6 Å². The number of benzene rings is 1. The lowest BCUT2D eigenvalue weighted by atomic mass is 10.0. The minimum absolute atomic E-state index is 0.352. The zero-order valence-corrected chi connectivity index (χ0v) is 14.0. The number of urea groups is 1. The van der Waals surface area contributed by atoms with E-state index in [4.69, 9.17) is 11.6 Å². The molecule has 0 aliphatic rings. The first-order valence-corrected chi connectivity index (χ1v) is 8.06. The molecule has 0 aliphatic heterocycles. The summed E-state index contributed by atoms with van der Waals surface area (Å²) in [6.45, 7) is -0.352. The Morgan fingerprint density at radius 2 is 1.58 bits per heavy atom. The molecule has 0 heterocycles. The Labute approximate surface area is 146 Å². The van der Waals surface area contributed by atoms with Gasteiger partial charge in [0.25, 0.3) is 10.0 Å². The number of sulfonamides is 1. The number of carbonyl (C=O) groups excluding carboxylic acids is 1. The molecular formula is C11H9ClF7N3O3S. The van der Waals surface area contributed by atoms with E-state index < -0.39 is 49.7 Å². The van der Waals surface area contributed by atoms with Gasteiger partial charge in [-0.2, -0.15) is 26.3 Å². The molecule has 0 saturated carbocycles. The largest absolute Gasteiger partial charge is 0.420 e. The fourth-order valence-corrected chi connectivity index (χ4v) is 2.35. The summed E-state index contributed by atoms with van der Waals surface area (Å²) in [6.07, 6.45) is -11.9. The second kappa shape index (κ2) is 7.08. The molecular weight excluding hydrogens is 423 g/mol. The van der Waals surface area contributed by atoms with E-state index in [-0.39, 0.29) is 6.92 Å². The quantitative estimate of drug-likeness (QED) is 0.506. The highest BCUT2D eigenvalue weighted by Gasteiger charge is 2.68. The summed E-state index contributed by atoms with van der Waals surface area (Å²) in [5.74, 6) is -1.17. The van der Waals surface area contributed by atoms with Crippen molar-refractivity contribution in [3.8, 4) is 0 Å². The monoisotopic (exact) mass is 431 g/mol. The van der Waals surface area contributed by atoms with Crippen LogP contribution in [0.2, 0.25) is 5.02 Å². The van der Waals surface area contributed by atoms with Crippen molar-refractivity contribution in [1.82, 2.24) is 15.6 Å². The van der Waals surface area contributed by atoms with Gasteiger partial charge in [-0.05, 0) is 25.1 Å². The van der Waals surface area contributed by atoms with E-state index in [1.807, 2.05) is 0 Å². The van der Waals surface area contributed by atoms with Crippen LogP contribution in [0, 0.1) is 5.82 Å². The fourth-order valence-electron chi connectivity index (χ4n) is 1.38. The minimum atomic E-state index is -5.93. The minimum Gasteiger partial charge on any atom is -0.315 e. The summed E-state index contributed by atoms with van der Waals surface area (Å²) in [4.78, 5) is 11.7. The maximum absolute atomic E-state index is 13.2. The number of nitrogens with one attached hydrogen (secondary N) is 3. The molecule has 15 heteroatoms.